The fourth-order valence-electron chi connectivity index (χ4n) is 2.85. The van der Waals surface area contributed by atoms with Crippen molar-refractivity contribution in [2.24, 2.45) is 0 Å². The number of thioether (sulfide) groups is 1. The number of sulfonamides is 1. The normalized spacial score (nSPS) is 12.4. The topological polar surface area (TPSA) is 88.8 Å². The van der Waals surface area contributed by atoms with Crippen LogP contribution in [0.2, 0.25) is 0 Å². The van der Waals surface area contributed by atoms with Crippen molar-refractivity contribution in [2.75, 3.05) is 29.5 Å². The maximum Gasteiger partial charge on any atom is 0.243 e. The molecule has 1 atom stereocenters. The van der Waals surface area contributed by atoms with Crippen LogP contribution in [0.25, 0.3) is 0 Å². The molecule has 1 aromatic heterocycles. The van der Waals surface area contributed by atoms with Crippen molar-refractivity contribution < 1.29 is 22.4 Å². The van der Waals surface area contributed by atoms with Crippen molar-refractivity contribution in [3.63, 3.8) is 0 Å². The van der Waals surface area contributed by atoms with Gasteiger partial charge >= 0.3 is 0 Å². The van der Waals surface area contributed by atoms with Gasteiger partial charge in [0.25, 0.3) is 0 Å². The van der Waals surface area contributed by atoms with E-state index in [0.717, 1.165) is 17.8 Å². The number of benzene rings is 1. The first-order valence-corrected chi connectivity index (χ1v) is 12.5. The zero-order valence-electron chi connectivity index (χ0n) is 17.0. The molecule has 0 fully saturated rings. The number of rotatable bonds is 12. The van der Waals surface area contributed by atoms with E-state index in [1.54, 1.807) is 49.2 Å². The van der Waals surface area contributed by atoms with Gasteiger partial charge in [0.2, 0.25) is 15.9 Å². The van der Waals surface area contributed by atoms with Crippen molar-refractivity contribution in [1.82, 2.24) is 5.32 Å². The predicted molar refractivity (Wildman–Crippen MR) is 117 cm³/mol. The van der Waals surface area contributed by atoms with Crippen LogP contribution in [0.15, 0.2) is 47.1 Å². The molecule has 0 radical (unpaired) electrons. The number of amides is 1. The van der Waals surface area contributed by atoms with Gasteiger partial charge in [0.05, 0.1) is 30.6 Å². The van der Waals surface area contributed by atoms with Crippen LogP contribution in [-0.2, 0) is 20.6 Å². The Kier molecular flexibility index (Phi) is 8.91. The third kappa shape index (κ3) is 7.01. The summed E-state index contributed by atoms with van der Waals surface area (Å²) in [6, 6.07) is 9.63. The summed E-state index contributed by atoms with van der Waals surface area (Å²) in [4.78, 5) is 12.7. The fraction of sp³-hybridized carbons (Fsp3) is 0.450. The molecule has 160 valence electrons. The lowest BCUT2D eigenvalue weighted by molar-refractivity contribution is -0.122. The smallest absolute Gasteiger partial charge is 0.243 e. The number of carbonyl (C=O) groups is 1. The number of furan rings is 1. The second-order valence-corrected chi connectivity index (χ2v) is 9.30. The van der Waals surface area contributed by atoms with Gasteiger partial charge in [0.15, 0.2) is 0 Å². The standard InChI is InChI=1S/C20H28N2O5S2/c1-4-19(20(23)21-12-14-28-15-18-7-6-13-27-18)22(29(3,24)25)16-8-10-17(11-9-16)26-5-2/h6-11,13,19H,4-5,12,14-15H2,1-3H3,(H,21,23)/t19-/m0/s1. The van der Waals surface area contributed by atoms with E-state index >= 15 is 0 Å². The van der Waals surface area contributed by atoms with Crippen LogP contribution >= 0.6 is 11.8 Å². The van der Waals surface area contributed by atoms with Crippen LogP contribution in [0.5, 0.6) is 5.75 Å². The molecule has 2 aromatic rings. The van der Waals surface area contributed by atoms with E-state index in [0.29, 0.717) is 36.8 Å². The van der Waals surface area contributed by atoms with Gasteiger partial charge in [-0.25, -0.2) is 8.42 Å². The Morgan fingerprint density at radius 2 is 1.97 bits per heavy atom. The third-order valence-electron chi connectivity index (χ3n) is 4.10. The summed E-state index contributed by atoms with van der Waals surface area (Å²) >= 11 is 1.63. The molecule has 7 nitrogen and oxygen atoms in total. The van der Waals surface area contributed by atoms with E-state index in [-0.39, 0.29) is 5.91 Å². The minimum Gasteiger partial charge on any atom is -0.494 e. The molecular weight excluding hydrogens is 412 g/mol. The highest BCUT2D eigenvalue weighted by molar-refractivity contribution is 7.98. The number of hydrogen-bond acceptors (Lipinski definition) is 6. The highest BCUT2D eigenvalue weighted by Gasteiger charge is 2.31. The Morgan fingerprint density at radius 3 is 2.52 bits per heavy atom. The fourth-order valence-corrected chi connectivity index (χ4v) is 4.82. The van der Waals surface area contributed by atoms with Gasteiger partial charge in [0.1, 0.15) is 17.6 Å². The largest absolute Gasteiger partial charge is 0.494 e. The molecule has 0 aliphatic rings. The average molecular weight is 441 g/mol. The quantitative estimate of drug-likeness (QED) is 0.510. The minimum absolute atomic E-state index is 0.314. The molecule has 0 bridgehead atoms. The molecule has 29 heavy (non-hydrogen) atoms. The lowest BCUT2D eigenvalue weighted by Crippen LogP contribution is -2.49. The highest BCUT2D eigenvalue weighted by atomic mass is 32.2. The Hall–Kier alpha value is -2.13. The second-order valence-electron chi connectivity index (χ2n) is 6.33. The van der Waals surface area contributed by atoms with Gasteiger partial charge in [0, 0.05) is 12.3 Å². The number of hydrogen-bond donors (Lipinski definition) is 1. The van der Waals surface area contributed by atoms with Crippen LogP contribution in [0.4, 0.5) is 5.69 Å². The summed E-state index contributed by atoms with van der Waals surface area (Å²) in [6.07, 6.45) is 3.09. The molecule has 0 spiro atoms. The van der Waals surface area contributed by atoms with Crippen LogP contribution in [0, 0.1) is 0 Å². The molecule has 0 aliphatic carbocycles. The van der Waals surface area contributed by atoms with E-state index < -0.39 is 16.1 Å². The summed E-state index contributed by atoms with van der Waals surface area (Å²) in [5.41, 5.74) is 0.435. The monoisotopic (exact) mass is 440 g/mol. The summed E-state index contributed by atoms with van der Waals surface area (Å²) in [5.74, 6) is 2.64. The van der Waals surface area contributed by atoms with Gasteiger partial charge in [-0.15, -0.1) is 0 Å². The summed E-state index contributed by atoms with van der Waals surface area (Å²) in [7, 11) is -3.65. The van der Waals surface area contributed by atoms with E-state index in [2.05, 4.69) is 5.32 Å². The van der Waals surface area contributed by atoms with E-state index in [1.165, 1.54) is 4.31 Å². The van der Waals surface area contributed by atoms with Crippen LogP contribution in [0.3, 0.4) is 0 Å². The van der Waals surface area contributed by atoms with Gasteiger partial charge in [-0.1, -0.05) is 6.92 Å². The molecule has 9 heteroatoms. The van der Waals surface area contributed by atoms with Crippen molar-refractivity contribution in [1.29, 1.82) is 0 Å². The zero-order valence-corrected chi connectivity index (χ0v) is 18.6. The Balaban J connectivity index is 2.00. The molecular formula is C20H28N2O5S2. The van der Waals surface area contributed by atoms with Gasteiger partial charge < -0.3 is 14.5 Å². The number of anilines is 1. The van der Waals surface area contributed by atoms with Gasteiger partial charge in [-0.3, -0.25) is 9.10 Å². The molecule has 1 aromatic carbocycles. The summed E-state index contributed by atoms with van der Waals surface area (Å²) < 4.78 is 36.8. The van der Waals surface area contributed by atoms with Crippen LogP contribution < -0.4 is 14.4 Å². The summed E-state index contributed by atoms with van der Waals surface area (Å²) in [5, 5.41) is 2.85. The Morgan fingerprint density at radius 1 is 1.24 bits per heavy atom. The van der Waals surface area contributed by atoms with Gasteiger partial charge in [-0.05, 0) is 49.7 Å². The Bertz CT molecular complexity index is 852. The van der Waals surface area contributed by atoms with Gasteiger partial charge in [-0.2, -0.15) is 11.8 Å². The molecule has 0 saturated heterocycles. The third-order valence-corrected chi connectivity index (χ3v) is 6.26. The van der Waals surface area contributed by atoms with Crippen LogP contribution in [-0.4, -0.2) is 45.5 Å². The van der Waals surface area contributed by atoms with Crippen molar-refractivity contribution in [3.8, 4) is 5.75 Å². The Labute approximate surface area is 176 Å². The maximum absolute atomic E-state index is 12.7. The molecule has 0 unspecified atom stereocenters. The molecule has 0 aliphatic heterocycles. The first-order valence-electron chi connectivity index (χ1n) is 9.47. The lowest BCUT2D eigenvalue weighted by atomic mass is 10.2. The van der Waals surface area contributed by atoms with Crippen molar-refractivity contribution >= 4 is 33.4 Å². The molecule has 1 amide bonds. The molecule has 1 heterocycles. The van der Waals surface area contributed by atoms with E-state index in [1.807, 2.05) is 19.1 Å². The maximum atomic E-state index is 12.7. The summed E-state index contributed by atoms with van der Waals surface area (Å²) in [6.45, 7) is 4.64. The first-order chi connectivity index (χ1) is 13.9. The average Bonchev–Trinajstić information content (AvgIpc) is 3.19. The van der Waals surface area contributed by atoms with Crippen LogP contribution in [0.1, 0.15) is 26.0 Å². The van der Waals surface area contributed by atoms with Crippen molar-refractivity contribution in [2.45, 2.75) is 32.1 Å². The number of carbonyl (C=O) groups excluding carboxylic acids is 1. The minimum atomic E-state index is -3.65. The number of ether oxygens (including phenoxy) is 1. The lowest BCUT2D eigenvalue weighted by Gasteiger charge is -2.30. The second kappa shape index (κ2) is 11.2. The number of nitrogens with zero attached hydrogens (tertiary/aromatic N) is 1. The SMILES string of the molecule is CCOc1ccc(N([C@@H](CC)C(=O)NCCSCc2ccco2)S(C)(=O)=O)cc1. The van der Waals surface area contributed by atoms with Crippen molar-refractivity contribution in [3.05, 3.63) is 48.4 Å². The highest BCUT2D eigenvalue weighted by Crippen LogP contribution is 2.25. The predicted octanol–water partition coefficient (Wildman–Crippen LogP) is 3.27. The van der Waals surface area contributed by atoms with E-state index in [9.17, 15) is 13.2 Å². The molecule has 2 rings (SSSR count). The molecule has 1 N–H and O–H groups in total. The van der Waals surface area contributed by atoms with E-state index in [4.69, 9.17) is 9.15 Å². The zero-order chi connectivity index (χ0) is 21.3. The number of nitrogens with one attached hydrogen (secondary N) is 1. The molecule has 0 saturated carbocycles. The first kappa shape index (κ1) is 23.2.